The van der Waals surface area contributed by atoms with Gasteiger partial charge in [-0.3, -0.25) is 0 Å². The van der Waals surface area contributed by atoms with Crippen molar-refractivity contribution in [2.45, 2.75) is 52.9 Å². The van der Waals surface area contributed by atoms with Crippen LogP contribution >= 0.6 is 0 Å². The number of fused-ring (bicyclic) bond motifs is 3. The zero-order valence-corrected chi connectivity index (χ0v) is 18.0. The number of benzene rings is 2. The standard InChI is InChI=1S/C28H32/c1-7-12-20(3)22(5)23(13-8-2)18-19-28(6)26-17-10-9-15-24(26)25-16-11-14-21(4)27(25)28/h7-17H,3,18-19H2,1-2,4-6H3. The van der Waals surface area contributed by atoms with Crippen LogP contribution in [0.4, 0.5) is 0 Å². The Kier molecular flexibility index (Phi) is 5.89. The van der Waals surface area contributed by atoms with Gasteiger partial charge in [0.2, 0.25) is 0 Å². The Morgan fingerprint density at radius 3 is 2.36 bits per heavy atom. The van der Waals surface area contributed by atoms with Crippen molar-refractivity contribution >= 4 is 0 Å². The molecule has 0 radical (unpaired) electrons. The third-order valence-corrected chi connectivity index (χ3v) is 6.23. The highest BCUT2D eigenvalue weighted by atomic mass is 14.4. The Morgan fingerprint density at radius 1 is 0.964 bits per heavy atom. The number of aryl methyl sites for hydroxylation is 1. The summed E-state index contributed by atoms with van der Waals surface area (Å²) in [7, 11) is 0. The number of hydrogen-bond acceptors (Lipinski definition) is 0. The maximum atomic E-state index is 4.25. The lowest BCUT2D eigenvalue weighted by molar-refractivity contribution is 0.530. The van der Waals surface area contributed by atoms with Crippen molar-refractivity contribution in [3.05, 3.63) is 107 Å². The van der Waals surface area contributed by atoms with Gasteiger partial charge in [0, 0.05) is 5.41 Å². The third-order valence-electron chi connectivity index (χ3n) is 6.23. The molecule has 0 saturated carbocycles. The number of rotatable bonds is 6. The van der Waals surface area contributed by atoms with E-state index < -0.39 is 0 Å². The predicted molar refractivity (Wildman–Crippen MR) is 124 cm³/mol. The van der Waals surface area contributed by atoms with Gasteiger partial charge in [-0.1, -0.05) is 80.3 Å². The Hall–Kier alpha value is -2.60. The molecule has 1 aliphatic rings. The van der Waals surface area contributed by atoms with E-state index in [9.17, 15) is 0 Å². The predicted octanol–water partition coefficient (Wildman–Crippen LogP) is 8.09. The van der Waals surface area contributed by atoms with Crippen molar-refractivity contribution < 1.29 is 0 Å². The van der Waals surface area contributed by atoms with Gasteiger partial charge in [-0.05, 0) is 85.1 Å². The van der Waals surface area contributed by atoms with Crippen LogP contribution in [0.15, 0.2) is 90.1 Å². The Labute approximate surface area is 171 Å². The first-order chi connectivity index (χ1) is 13.4. The van der Waals surface area contributed by atoms with Crippen LogP contribution in [0, 0.1) is 6.92 Å². The van der Waals surface area contributed by atoms with E-state index in [4.69, 9.17) is 0 Å². The van der Waals surface area contributed by atoms with Crippen molar-refractivity contribution in [1.82, 2.24) is 0 Å². The van der Waals surface area contributed by atoms with Crippen LogP contribution in [0.25, 0.3) is 11.1 Å². The minimum absolute atomic E-state index is 0.0340. The highest BCUT2D eigenvalue weighted by molar-refractivity contribution is 5.82. The van der Waals surface area contributed by atoms with Gasteiger partial charge in [0.05, 0.1) is 0 Å². The molecule has 0 aromatic heterocycles. The molecule has 1 unspecified atom stereocenters. The second kappa shape index (κ2) is 8.19. The fourth-order valence-electron chi connectivity index (χ4n) is 4.73. The van der Waals surface area contributed by atoms with E-state index in [0.717, 1.165) is 18.4 Å². The number of hydrogen-bond donors (Lipinski definition) is 0. The summed E-state index contributed by atoms with van der Waals surface area (Å²) in [5.74, 6) is 0. The average molecular weight is 369 g/mol. The molecule has 0 amide bonds. The molecule has 0 nitrogen and oxygen atoms in total. The maximum Gasteiger partial charge on any atom is 0.0192 e. The van der Waals surface area contributed by atoms with Gasteiger partial charge < -0.3 is 0 Å². The van der Waals surface area contributed by atoms with E-state index in [1.165, 1.54) is 39.0 Å². The van der Waals surface area contributed by atoms with Gasteiger partial charge in [0.25, 0.3) is 0 Å². The van der Waals surface area contributed by atoms with Crippen LogP contribution in [0.1, 0.15) is 57.2 Å². The van der Waals surface area contributed by atoms with Crippen LogP contribution in [0.5, 0.6) is 0 Å². The first kappa shape index (κ1) is 20.1. The number of allylic oxidation sites excluding steroid dienone is 7. The molecular weight excluding hydrogens is 336 g/mol. The summed E-state index contributed by atoms with van der Waals surface area (Å²) < 4.78 is 0. The van der Waals surface area contributed by atoms with Crippen LogP contribution < -0.4 is 0 Å². The van der Waals surface area contributed by atoms with Gasteiger partial charge in [-0.25, -0.2) is 0 Å². The van der Waals surface area contributed by atoms with E-state index in [2.05, 4.69) is 101 Å². The summed E-state index contributed by atoms with van der Waals surface area (Å²) in [6.45, 7) is 15.3. The lowest BCUT2D eigenvalue weighted by Crippen LogP contribution is -2.22. The molecule has 0 spiro atoms. The van der Waals surface area contributed by atoms with Gasteiger partial charge in [-0.15, -0.1) is 0 Å². The van der Waals surface area contributed by atoms with Crippen molar-refractivity contribution in [2.75, 3.05) is 0 Å². The van der Waals surface area contributed by atoms with E-state index >= 15 is 0 Å². The first-order valence-electron chi connectivity index (χ1n) is 10.3. The zero-order chi connectivity index (χ0) is 20.3. The lowest BCUT2D eigenvalue weighted by atomic mass is 9.74. The lowest BCUT2D eigenvalue weighted by Gasteiger charge is -2.29. The molecule has 2 aromatic carbocycles. The molecule has 0 fully saturated rings. The largest absolute Gasteiger partial charge is 0.0915 e. The molecule has 0 aliphatic heterocycles. The van der Waals surface area contributed by atoms with Gasteiger partial charge in [0.15, 0.2) is 0 Å². The van der Waals surface area contributed by atoms with E-state index in [1.807, 2.05) is 6.92 Å². The molecule has 0 saturated heterocycles. The zero-order valence-electron chi connectivity index (χ0n) is 18.0. The van der Waals surface area contributed by atoms with Crippen LogP contribution in [-0.4, -0.2) is 0 Å². The summed E-state index contributed by atoms with van der Waals surface area (Å²) in [5, 5.41) is 0. The molecule has 2 aromatic rings. The normalized spacial score (nSPS) is 19.0. The summed E-state index contributed by atoms with van der Waals surface area (Å²) >= 11 is 0. The van der Waals surface area contributed by atoms with Crippen molar-refractivity contribution in [2.24, 2.45) is 0 Å². The average Bonchev–Trinajstić information content (AvgIpc) is 2.95. The van der Waals surface area contributed by atoms with Crippen LogP contribution in [0.3, 0.4) is 0 Å². The van der Waals surface area contributed by atoms with Crippen molar-refractivity contribution in [3.8, 4) is 11.1 Å². The van der Waals surface area contributed by atoms with E-state index in [0.29, 0.717) is 0 Å². The molecule has 1 atom stereocenters. The minimum atomic E-state index is 0.0340. The van der Waals surface area contributed by atoms with Gasteiger partial charge >= 0.3 is 0 Å². The monoisotopic (exact) mass is 368 g/mol. The maximum absolute atomic E-state index is 4.25. The van der Waals surface area contributed by atoms with E-state index in [-0.39, 0.29) is 5.41 Å². The summed E-state index contributed by atoms with van der Waals surface area (Å²) in [5.41, 5.74) is 11.0. The summed E-state index contributed by atoms with van der Waals surface area (Å²) in [6.07, 6.45) is 10.7. The van der Waals surface area contributed by atoms with Crippen LogP contribution in [-0.2, 0) is 5.41 Å². The fraction of sp³-hybridized carbons (Fsp3) is 0.286. The molecule has 0 bridgehead atoms. The second-order valence-corrected chi connectivity index (χ2v) is 8.05. The molecule has 144 valence electrons. The molecule has 0 heteroatoms. The summed E-state index contributed by atoms with van der Waals surface area (Å²) in [6, 6.07) is 15.7. The Balaban J connectivity index is 2.04. The highest BCUT2D eigenvalue weighted by Crippen LogP contribution is 2.52. The first-order valence-corrected chi connectivity index (χ1v) is 10.3. The topological polar surface area (TPSA) is 0 Å². The molecule has 28 heavy (non-hydrogen) atoms. The quantitative estimate of drug-likeness (QED) is 0.452. The minimum Gasteiger partial charge on any atom is -0.0915 e. The Morgan fingerprint density at radius 2 is 1.64 bits per heavy atom. The molecule has 0 heterocycles. The van der Waals surface area contributed by atoms with Crippen molar-refractivity contribution in [1.29, 1.82) is 0 Å². The van der Waals surface area contributed by atoms with Crippen molar-refractivity contribution in [3.63, 3.8) is 0 Å². The smallest absolute Gasteiger partial charge is 0.0192 e. The SMILES string of the molecule is C=C(C=CC)C(C)=C(C=CC)CCC1(C)c2ccccc2-c2cccc(C)c21. The molecule has 0 N–H and O–H groups in total. The van der Waals surface area contributed by atoms with Gasteiger partial charge in [-0.2, -0.15) is 0 Å². The molecule has 1 aliphatic carbocycles. The molecule has 3 rings (SSSR count). The van der Waals surface area contributed by atoms with Gasteiger partial charge in [0.1, 0.15) is 0 Å². The highest BCUT2D eigenvalue weighted by Gasteiger charge is 2.39. The van der Waals surface area contributed by atoms with E-state index in [1.54, 1.807) is 0 Å². The second-order valence-electron chi connectivity index (χ2n) is 8.05. The molecular formula is C28H32. The summed E-state index contributed by atoms with van der Waals surface area (Å²) in [4.78, 5) is 0. The Bertz CT molecular complexity index is 981. The fourth-order valence-corrected chi connectivity index (χ4v) is 4.73. The third kappa shape index (κ3) is 3.44. The van der Waals surface area contributed by atoms with Crippen LogP contribution in [0.2, 0.25) is 0 Å².